The van der Waals surface area contributed by atoms with Crippen LogP contribution in [0.4, 0.5) is 0 Å². The fourth-order valence-electron chi connectivity index (χ4n) is 2.64. The molecule has 3 heterocycles. The second-order valence-corrected chi connectivity index (χ2v) is 5.26. The lowest BCUT2D eigenvalue weighted by Crippen LogP contribution is -2.50. The predicted molar refractivity (Wildman–Crippen MR) is 78.9 cm³/mol. The molecule has 0 atom stereocenters. The van der Waals surface area contributed by atoms with Crippen LogP contribution in [0.25, 0.3) is 10.9 Å². The number of fused-ring (bicyclic) bond motifs is 1. The number of amides is 1. The number of benzene rings is 1. The van der Waals surface area contributed by atoms with Crippen molar-refractivity contribution in [1.82, 2.24) is 19.4 Å². The highest BCUT2D eigenvalue weighted by molar-refractivity contribution is 5.95. The summed E-state index contributed by atoms with van der Waals surface area (Å²) in [7, 11) is 0. The fraction of sp³-hybridized carbons (Fsp3) is 0.188. The van der Waals surface area contributed by atoms with Crippen molar-refractivity contribution in [2.75, 3.05) is 13.1 Å². The van der Waals surface area contributed by atoms with E-state index in [0.717, 1.165) is 10.9 Å². The molecule has 2 aromatic heterocycles. The lowest BCUT2D eigenvalue weighted by atomic mass is 10.1. The van der Waals surface area contributed by atoms with Crippen LogP contribution in [0.3, 0.4) is 0 Å². The number of hydrogen-bond donors (Lipinski definition) is 0. The molecule has 0 spiro atoms. The molecule has 1 amide bonds. The number of likely N-dealkylation sites (tertiary alicyclic amines) is 1. The van der Waals surface area contributed by atoms with Crippen molar-refractivity contribution in [1.29, 1.82) is 0 Å². The van der Waals surface area contributed by atoms with Crippen molar-refractivity contribution in [3.05, 3.63) is 60.8 Å². The summed E-state index contributed by atoms with van der Waals surface area (Å²) in [5.41, 5.74) is 1.37. The van der Waals surface area contributed by atoms with E-state index < -0.39 is 0 Å². The van der Waals surface area contributed by atoms with Crippen molar-refractivity contribution >= 4 is 16.8 Å². The summed E-state index contributed by atoms with van der Waals surface area (Å²) in [5, 5.41) is 1.05. The van der Waals surface area contributed by atoms with E-state index in [-0.39, 0.29) is 5.91 Å². The molecule has 1 fully saturated rings. The number of imidazole rings is 1. The van der Waals surface area contributed by atoms with Gasteiger partial charge in [-0.25, -0.2) is 9.97 Å². The normalized spacial score (nSPS) is 15.1. The number of hydrogen-bond acceptors (Lipinski definition) is 3. The average Bonchev–Trinajstić information content (AvgIpc) is 2.99. The highest BCUT2D eigenvalue weighted by Crippen LogP contribution is 2.23. The minimum absolute atomic E-state index is 0.00267. The van der Waals surface area contributed by atoms with Crippen molar-refractivity contribution in [2.24, 2.45) is 0 Å². The maximum Gasteiger partial charge on any atom is 0.272 e. The van der Waals surface area contributed by atoms with Gasteiger partial charge in [-0.1, -0.05) is 24.3 Å². The van der Waals surface area contributed by atoms with Gasteiger partial charge in [0.25, 0.3) is 5.91 Å². The van der Waals surface area contributed by atoms with Gasteiger partial charge in [0.2, 0.25) is 0 Å². The van der Waals surface area contributed by atoms with Gasteiger partial charge in [-0.05, 0) is 12.1 Å². The van der Waals surface area contributed by atoms with Crippen molar-refractivity contribution < 1.29 is 4.79 Å². The zero-order valence-corrected chi connectivity index (χ0v) is 11.4. The van der Waals surface area contributed by atoms with E-state index in [1.54, 1.807) is 18.6 Å². The quantitative estimate of drug-likeness (QED) is 0.721. The van der Waals surface area contributed by atoms with Crippen molar-refractivity contribution in [3.63, 3.8) is 0 Å². The first-order valence-electron chi connectivity index (χ1n) is 6.94. The van der Waals surface area contributed by atoms with Gasteiger partial charge in [0.05, 0.1) is 17.9 Å². The number of aromatic nitrogens is 3. The Bertz CT molecular complexity index is 791. The van der Waals surface area contributed by atoms with Crippen molar-refractivity contribution in [2.45, 2.75) is 6.04 Å². The van der Waals surface area contributed by atoms with Gasteiger partial charge >= 0.3 is 0 Å². The van der Waals surface area contributed by atoms with Crippen LogP contribution < -0.4 is 0 Å². The minimum atomic E-state index is -0.00267. The molecule has 1 aliphatic rings. The number of rotatable bonds is 2. The molecule has 0 aliphatic carbocycles. The predicted octanol–water partition coefficient (Wildman–Crippen LogP) is 2.13. The molecule has 21 heavy (non-hydrogen) atoms. The maximum atomic E-state index is 12.4. The summed E-state index contributed by atoms with van der Waals surface area (Å²) in [4.78, 5) is 22.7. The lowest BCUT2D eigenvalue weighted by molar-refractivity contribution is 0.0515. The standard InChI is InChI=1S/C16H14N4O/c21-16(20-9-13(10-20)19-8-7-17-11-19)15-6-5-12-3-1-2-4-14(12)18-15/h1-8,11,13H,9-10H2. The Labute approximate surface area is 121 Å². The second kappa shape index (κ2) is 4.70. The number of pyridine rings is 1. The Morgan fingerprint density at radius 3 is 2.81 bits per heavy atom. The van der Waals surface area contributed by atoms with Crippen LogP contribution in [0.15, 0.2) is 55.1 Å². The van der Waals surface area contributed by atoms with E-state index in [9.17, 15) is 4.79 Å². The molecular formula is C16H14N4O. The van der Waals surface area contributed by atoms with Gasteiger partial charge in [0.15, 0.2) is 0 Å². The molecule has 0 bridgehead atoms. The molecule has 5 nitrogen and oxygen atoms in total. The molecular weight excluding hydrogens is 264 g/mol. The van der Waals surface area contributed by atoms with Crippen LogP contribution >= 0.6 is 0 Å². The van der Waals surface area contributed by atoms with E-state index in [0.29, 0.717) is 24.8 Å². The smallest absolute Gasteiger partial charge is 0.272 e. The molecule has 104 valence electrons. The molecule has 0 saturated carbocycles. The van der Waals surface area contributed by atoms with Crippen LogP contribution in [-0.2, 0) is 0 Å². The topological polar surface area (TPSA) is 51.0 Å². The average molecular weight is 278 g/mol. The Balaban J connectivity index is 1.52. The first kappa shape index (κ1) is 12.1. The molecule has 4 rings (SSSR count). The number of carbonyl (C=O) groups is 1. The third kappa shape index (κ3) is 2.07. The molecule has 5 heteroatoms. The van der Waals surface area contributed by atoms with Crippen LogP contribution in [0.5, 0.6) is 0 Å². The molecule has 0 unspecified atom stereocenters. The summed E-state index contributed by atoms with van der Waals surface area (Å²) in [5.74, 6) is -0.00267. The van der Waals surface area contributed by atoms with Gasteiger partial charge in [-0.3, -0.25) is 4.79 Å². The van der Waals surface area contributed by atoms with Gasteiger partial charge in [-0.2, -0.15) is 0 Å². The third-order valence-corrected chi connectivity index (χ3v) is 3.91. The zero-order chi connectivity index (χ0) is 14.2. The number of nitrogens with zero attached hydrogens (tertiary/aromatic N) is 4. The fourth-order valence-corrected chi connectivity index (χ4v) is 2.64. The van der Waals surface area contributed by atoms with Crippen molar-refractivity contribution in [3.8, 4) is 0 Å². The SMILES string of the molecule is O=C(c1ccc2ccccc2n1)N1CC(n2ccnc2)C1. The first-order valence-corrected chi connectivity index (χ1v) is 6.94. The van der Waals surface area contributed by atoms with Crippen LogP contribution in [0, 0.1) is 0 Å². The first-order chi connectivity index (χ1) is 10.3. The number of para-hydroxylation sites is 1. The molecule has 1 aliphatic heterocycles. The maximum absolute atomic E-state index is 12.4. The Hall–Kier alpha value is -2.69. The largest absolute Gasteiger partial charge is 0.333 e. The molecule has 3 aromatic rings. The Morgan fingerprint density at radius 1 is 1.14 bits per heavy atom. The van der Waals surface area contributed by atoms with Gasteiger partial charge in [0.1, 0.15) is 5.69 Å². The zero-order valence-electron chi connectivity index (χ0n) is 11.4. The molecule has 0 N–H and O–H groups in total. The van der Waals surface area contributed by atoms with E-state index in [1.807, 2.05) is 46.0 Å². The third-order valence-electron chi connectivity index (χ3n) is 3.91. The van der Waals surface area contributed by atoms with E-state index in [2.05, 4.69) is 9.97 Å². The van der Waals surface area contributed by atoms with Crippen LogP contribution in [-0.4, -0.2) is 38.4 Å². The highest BCUT2D eigenvalue weighted by atomic mass is 16.2. The van der Waals surface area contributed by atoms with Crippen LogP contribution in [0.1, 0.15) is 16.5 Å². The molecule has 1 saturated heterocycles. The lowest BCUT2D eigenvalue weighted by Gasteiger charge is -2.39. The van der Waals surface area contributed by atoms with E-state index in [1.165, 1.54) is 0 Å². The van der Waals surface area contributed by atoms with Crippen LogP contribution in [0.2, 0.25) is 0 Å². The summed E-state index contributed by atoms with van der Waals surface area (Å²) in [6.07, 6.45) is 5.48. The Morgan fingerprint density at radius 2 is 2.00 bits per heavy atom. The summed E-state index contributed by atoms with van der Waals surface area (Å²) >= 11 is 0. The number of carbonyl (C=O) groups excluding carboxylic acids is 1. The summed E-state index contributed by atoms with van der Waals surface area (Å²) in [6, 6.07) is 11.9. The summed E-state index contributed by atoms with van der Waals surface area (Å²) < 4.78 is 2.04. The van der Waals surface area contributed by atoms with Gasteiger partial charge < -0.3 is 9.47 Å². The minimum Gasteiger partial charge on any atom is -0.333 e. The second-order valence-electron chi connectivity index (χ2n) is 5.26. The highest BCUT2D eigenvalue weighted by Gasteiger charge is 2.32. The Kier molecular flexibility index (Phi) is 2.70. The van der Waals surface area contributed by atoms with Gasteiger partial charge in [0, 0.05) is 30.9 Å². The van der Waals surface area contributed by atoms with E-state index in [4.69, 9.17) is 0 Å². The molecule has 0 radical (unpaired) electrons. The van der Waals surface area contributed by atoms with Gasteiger partial charge in [-0.15, -0.1) is 0 Å². The molecule has 1 aromatic carbocycles. The monoisotopic (exact) mass is 278 g/mol. The van der Waals surface area contributed by atoms with E-state index >= 15 is 0 Å². The summed E-state index contributed by atoms with van der Waals surface area (Å²) in [6.45, 7) is 1.42.